The van der Waals surface area contributed by atoms with E-state index in [1.807, 2.05) is 19.9 Å². The third-order valence-corrected chi connectivity index (χ3v) is 2.95. The first kappa shape index (κ1) is 13.9. The highest BCUT2D eigenvalue weighted by atomic mass is 19.1. The van der Waals surface area contributed by atoms with E-state index < -0.39 is 0 Å². The molecule has 0 aliphatic heterocycles. The lowest BCUT2D eigenvalue weighted by Crippen LogP contribution is -2.10. The van der Waals surface area contributed by atoms with Gasteiger partial charge >= 0.3 is 0 Å². The Bertz CT molecular complexity index is 661. The lowest BCUT2D eigenvalue weighted by atomic mass is 10.1. The summed E-state index contributed by atoms with van der Waals surface area (Å²) in [6.45, 7) is 4.33. The van der Waals surface area contributed by atoms with E-state index in [9.17, 15) is 4.39 Å². The Hall–Kier alpha value is -2.48. The van der Waals surface area contributed by atoms with Crippen LogP contribution in [-0.2, 0) is 6.42 Å². The normalized spacial score (nSPS) is 10.1. The summed E-state index contributed by atoms with van der Waals surface area (Å²) >= 11 is 0. The fourth-order valence-electron chi connectivity index (χ4n) is 1.95. The second-order valence-electron chi connectivity index (χ2n) is 4.58. The number of hydrogen-bond donors (Lipinski definition) is 1. The molecule has 0 aliphatic carbocycles. The van der Waals surface area contributed by atoms with Crippen LogP contribution in [0.1, 0.15) is 22.5 Å². The molecule has 2 rings (SSSR count). The van der Waals surface area contributed by atoms with Crippen molar-refractivity contribution in [1.29, 1.82) is 5.26 Å². The van der Waals surface area contributed by atoms with Crippen LogP contribution in [0, 0.1) is 31.0 Å². The number of nitrogens with zero attached hydrogens (tertiary/aromatic N) is 3. The van der Waals surface area contributed by atoms with Gasteiger partial charge in [-0.25, -0.2) is 14.4 Å². The van der Waals surface area contributed by atoms with Gasteiger partial charge in [-0.2, -0.15) is 5.26 Å². The first-order valence-corrected chi connectivity index (χ1v) is 6.33. The SMILES string of the molecule is Cc1cc(C#N)nc(NCCc2ccc(F)cc2C)n1. The van der Waals surface area contributed by atoms with E-state index in [1.54, 1.807) is 12.1 Å². The predicted octanol–water partition coefficient (Wildman–Crippen LogP) is 2.76. The van der Waals surface area contributed by atoms with Gasteiger partial charge < -0.3 is 5.32 Å². The van der Waals surface area contributed by atoms with E-state index in [0.717, 1.165) is 23.2 Å². The van der Waals surface area contributed by atoms with Crippen molar-refractivity contribution >= 4 is 5.95 Å². The van der Waals surface area contributed by atoms with Crippen LogP contribution in [0.4, 0.5) is 10.3 Å². The summed E-state index contributed by atoms with van der Waals surface area (Å²) in [5.41, 5.74) is 3.09. The number of benzene rings is 1. The van der Waals surface area contributed by atoms with Crippen molar-refractivity contribution in [2.45, 2.75) is 20.3 Å². The van der Waals surface area contributed by atoms with E-state index in [4.69, 9.17) is 5.26 Å². The van der Waals surface area contributed by atoms with Gasteiger partial charge in [0.15, 0.2) is 0 Å². The Morgan fingerprint density at radius 2 is 2.05 bits per heavy atom. The molecule has 102 valence electrons. The molecule has 0 amide bonds. The quantitative estimate of drug-likeness (QED) is 0.928. The molecule has 0 unspecified atom stereocenters. The number of aromatic nitrogens is 2. The van der Waals surface area contributed by atoms with Crippen molar-refractivity contribution in [3.05, 3.63) is 52.6 Å². The first-order valence-electron chi connectivity index (χ1n) is 6.33. The summed E-state index contributed by atoms with van der Waals surface area (Å²) in [4.78, 5) is 8.29. The van der Waals surface area contributed by atoms with E-state index in [-0.39, 0.29) is 5.82 Å². The van der Waals surface area contributed by atoms with Crippen LogP contribution in [0.3, 0.4) is 0 Å². The van der Waals surface area contributed by atoms with Gasteiger partial charge in [-0.15, -0.1) is 0 Å². The smallest absolute Gasteiger partial charge is 0.224 e. The summed E-state index contributed by atoms with van der Waals surface area (Å²) in [6.07, 6.45) is 0.741. The van der Waals surface area contributed by atoms with Gasteiger partial charge in [-0.1, -0.05) is 6.07 Å². The number of halogens is 1. The molecular formula is C15H15FN4. The molecule has 0 saturated carbocycles. The maximum atomic E-state index is 13.0. The summed E-state index contributed by atoms with van der Waals surface area (Å²) in [6, 6.07) is 8.39. The molecule has 0 saturated heterocycles. The Labute approximate surface area is 117 Å². The number of aryl methyl sites for hydroxylation is 2. The van der Waals surface area contributed by atoms with Crippen molar-refractivity contribution < 1.29 is 4.39 Å². The number of anilines is 1. The first-order chi connectivity index (χ1) is 9.58. The molecular weight excluding hydrogens is 255 g/mol. The van der Waals surface area contributed by atoms with Gasteiger partial charge in [0.05, 0.1) is 0 Å². The zero-order valence-corrected chi connectivity index (χ0v) is 11.4. The third kappa shape index (κ3) is 3.51. The van der Waals surface area contributed by atoms with E-state index in [0.29, 0.717) is 18.2 Å². The zero-order chi connectivity index (χ0) is 14.5. The molecule has 4 nitrogen and oxygen atoms in total. The molecule has 1 aromatic heterocycles. The van der Waals surface area contributed by atoms with Gasteiger partial charge in [0, 0.05) is 12.2 Å². The third-order valence-electron chi connectivity index (χ3n) is 2.95. The molecule has 2 aromatic rings. The Morgan fingerprint density at radius 3 is 2.75 bits per heavy atom. The van der Waals surface area contributed by atoms with Gasteiger partial charge in [-0.3, -0.25) is 0 Å². The largest absolute Gasteiger partial charge is 0.354 e. The number of nitriles is 1. The van der Waals surface area contributed by atoms with Crippen LogP contribution in [0.2, 0.25) is 0 Å². The molecule has 0 spiro atoms. The van der Waals surface area contributed by atoms with Gasteiger partial charge in [-0.05, 0) is 49.6 Å². The van der Waals surface area contributed by atoms with Crippen molar-refractivity contribution in [2.24, 2.45) is 0 Å². The second kappa shape index (κ2) is 6.11. The van der Waals surface area contributed by atoms with Gasteiger partial charge in [0.25, 0.3) is 0 Å². The van der Waals surface area contributed by atoms with Gasteiger partial charge in [0.2, 0.25) is 5.95 Å². The molecule has 0 bridgehead atoms. The number of rotatable bonds is 4. The van der Waals surface area contributed by atoms with Gasteiger partial charge in [0.1, 0.15) is 17.6 Å². The average Bonchev–Trinajstić information content (AvgIpc) is 2.40. The van der Waals surface area contributed by atoms with Crippen LogP contribution in [-0.4, -0.2) is 16.5 Å². The van der Waals surface area contributed by atoms with Crippen molar-refractivity contribution in [1.82, 2.24) is 9.97 Å². The van der Waals surface area contributed by atoms with Crippen LogP contribution in [0.15, 0.2) is 24.3 Å². The highest BCUT2D eigenvalue weighted by Crippen LogP contribution is 2.11. The van der Waals surface area contributed by atoms with Crippen molar-refractivity contribution in [3.8, 4) is 6.07 Å². The summed E-state index contributed by atoms with van der Waals surface area (Å²) in [7, 11) is 0. The molecule has 5 heteroatoms. The minimum Gasteiger partial charge on any atom is -0.354 e. The lowest BCUT2D eigenvalue weighted by Gasteiger charge is -2.08. The molecule has 1 aromatic carbocycles. The van der Waals surface area contributed by atoms with Crippen LogP contribution < -0.4 is 5.32 Å². The van der Waals surface area contributed by atoms with Crippen LogP contribution >= 0.6 is 0 Å². The van der Waals surface area contributed by atoms with Crippen LogP contribution in [0.5, 0.6) is 0 Å². The molecule has 0 aliphatic rings. The number of nitrogens with one attached hydrogen (secondary N) is 1. The molecule has 0 fully saturated rings. The fraction of sp³-hybridized carbons (Fsp3) is 0.267. The minimum absolute atomic E-state index is 0.222. The maximum absolute atomic E-state index is 13.0. The number of hydrogen-bond acceptors (Lipinski definition) is 4. The molecule has 0 atom stereocenters. The summed E-state index contributed by atoms with van der Waals surface area (Å²) in [5.74, 6) is 0.223. The Kier molecular flexibility index (Phi) is 4.26. The van der Waals surface area contributed by atoms with Crippen LogP contribution in [0.25, 0.3) is 0 Å². The highest BCUT2D eigenvalue weighted by molar-refractivity contribution is 5.34. The minimum atomic E-state index is -0.222. The standard InChI is InChI=1S/C15H15FN4/c1-10-7-13(16)4-3-12(10)5-6-18-15-19-11(2)8-14(9-17)20-15/h3-4,7-8H,5-6H2,1-2H3,(H,18,19,20). The maximum Gasteiger partial charge on any atom is 0.224 e. The van der Waals surface area contributed by atoms with Crippen molar-refractivity contribution in [2.75, 3.05) is 11.9 Å². The van der Waals surface area contributed by atoms with Crippen molar-refractivity contribution in [3.63, 3.8) is 0 Å². The Morgan fingerprint density at radius 1 is 1.25 bits per heavy atom. The molecule has 20 heavy (non-hydrogen) atoms. The zero-order valence-electron chi connectivity index (χ0n) is 11.4. The van der Waals surface area contributed by atoms with E-state index in [2.05, 4.69) is 15.3 Å². The molecule has 0 radical (unpaired) electrons. The Balaban J connectivity index is 1.99. The second-order valence-corrected chi connectivity index (χ2v) is 4.58. The van der Waals surface area contributed by atoms with E-state index >= 15 is 0 Å². The summed E-state index contributed by atoms with van der Waals surface area (Å²) in [5, 5.41) is 11.9. The fourth-order valence-corrected chi connectivity index (χ4v) is 1.95. The average molecular weight is 270 g/mol. The monoisotopic (exact) mass is 270 g/mol. The highest BCUT2D eigenvalue weighted by Gasteiger charge is 2.03. The topological polar surface area (TPSA) is 61.6 Å². The lowest BCUT2D eigenvalue weighted by molar-refractivity contribution is 0.625. The van der Waals surface area contributed by atoms with E-state index in [1.165, 1.54) is 12.1 Å². The molecule has 1 N–H and O–H groups in total. The molecule has 1 heterocycles. The summed E-state index contributed by atoms with van der Waals surface area (Å²) < 4.78 is 13.0. The predicted molar refractivity (Wildman–Crippen MR) is 74.8 cm³/mol.